The van der Waals surface area contributed by atoms with E-state index >= 15 is 0 Å². The summed E-state index contributed by atoms with van der Waals surface area (Å²) in [6, 6.07) is 0. The SMILES string of the molecule is CCCCCCCCCCCCCCCCCCCCC(=O)O[C@H](COC(=O)CCCCCCCCCCCCCCCC)COC(=O)CCCCCCCCCCCCCCCCC(C)C. The van der Waals surface area contributed by atoms with Crippen LogP contribution in [0.3, 0.4) is 0 Å². The molecule has 0 N–H and O–H groups in total. The van der Waals surface area contributed by atoms with E-state index in [-0.39, 0.29) is 31.1 Å². The molecule has 0 unspecified atom stereocenters. The molecule has 0 aromatic rings. The maximum atomic E-state index is 12.9. The van der Waals surface area contributed by atoms with Crippen LogP contribution in [0.1, 0.15) is 349 Å². The highest BCUT2D eigenvalue weighted by atomic mass is 16.6. The normalized spacial score (nSPS) is 12.0. The second kappa shape index (κ2) is 55.3. The van der Waals surface area contributed by atoms with Crippen molar-refractivity contribution in [3.63, 3.8) is 0 Å². The predicted molar refractivity (Wildman–Crippen MR) is 289 cm³/mol. The Balaban J connectivity index is 4.28. The molecule has 0 spiro atoms. The summed E-state index contributed by atoms with van der Waals surface area (Å²) in [6.07, 6.45) is 60.9. The second-order valence-corrected chi connectivity index (χ2v) is 21.5. The fourth-order valence-electron chi connectivity index (χ4n) is 9.46. The van der Waals surface area contributed by atoms with Gasteiger partial charge in [0.05, 0.1) is 0 Å². The highest BCUT2D eigenvalue weighted by molar-refractivity contribution is 5.71. The molecule has 67 heavy (non-hydrogen) atoms. The minimum Gasteiger partial charge on any atom is -0.462 e. The van der Waals surface area contributed by atoms with Crippen LogP contribution in [0, 0.1) is 5.92 Å². The molecule has 0 radical (unpaired) electrons. The Morgan fingerprint density at radius 3 is 0.731 bits per heavy atom. The van der Waals surface area contributed by atoms with Crippen molar-refractivity contribution in [1.82, 2.24) is 0 Å². The molecule has 0 amide bonds. The van der Waals surface area contributed by atoms with Gasteiger partial charge >= 0.3 is 17.9 Å². The van der Waals surface area contributed by atoms with E-state index in [1.165, 1.54) is 244 Å². The lowest BCUT2D eigenvalue weighted by atomic mass is 10.0. The van der Waals surface area contributed by atoms with Crippen LogP contribution in [0.15, 0.2) is 0 Å². The first-order chi connectivity index (χ1) is 32.9. The largest absolute Gasteiger partial charge is 0.462 e. The lowest BCUT2D eigenvalue weighted by Crippen LogP contribution is -2.30. The van der Waals surface area contributed by atoms with Gasteiger partial charge in [-0.3, -0.25) is 14.4 Å². The lowest BCUT2D eigenvalue weighted by molar-refractivity contribution is -0.167. The summed E-state index contributed by atoms with van der Waals surface area (Å²) in [6.45, 7) is 9.08. The number of rotatable bonds is 56. The molecule has 0 aliphatic rings. The first-order valence-corrected chi connectivity index (χ1v) is 30.4. The molecular weight excluding hydrogens is 829 g/mol. The fraction of sp³-hybridized carbons (Fsp3) is 0.951. The van der Waals surface area contributed by atoms with Crippen molar-refractivity contribution in [3.05, 3.63) is 0 Å². The quantitative estimate of drug-likeness (QED) is 0.0343. The maximum Gasteiger partial charge on any atom is 0.306 e. The zero-order valence-corrected chi connectivity index (χ0v) is 45.9. The zero-order valence-electron chi connectivity index (χ0n) is 45.9. The molecule has 0 rings (SSSR count). The van der Waals surface area contributed by atoms with Crippen LogP contribution in [0.2, 0.25) is 0 Å². The van der Waals surface area contributed by atoms with Crippen LogP contribution in [0.5, 0.6) is 0 Å². The minimum absolute atomic E-state index is 0.0615. The van der Waals surface area contributed by atoms with Crippen LogP contribution in [-0.4, -0.2) is 37.2 Å². The molecule has 0 saturated carbocycles. The van der Waals surface area contributed by atoms with Crippen molar-refractivity contribution in [2.75, 3.05) is 13.2 Å². The van der Waals surface area contributed by atoms with E-state index in [0.717, 1.165) is 63.7 Å². The highest BCUT2D eigenvalue weighted by Gasteiger charge is 2.19. The number of unbranched alkanes of at least 4 members (excludes halogenated alkanes) is 43. The first kappa shape index (κ1) is 65.4. The molecule has 0 aromatic heterocycles. The smallest absolute Gasteiger partial charge is 0.306 e. The topological polar surface area (TPSA) is 78.9 Å². The molecule has 0 heterocycles. The molecule has 6 nitrogen and oxygen atoms in total. The lowest BCUT2D eigenvalue weighted by Gasteiger charge is -2.18. The number of carbonyl (C=O) groups is 3. The van der Waals surface area contributed by atoms with Crippen molar-refractivity contribution in [2.24, 2.45) is 5.92 Å². The van der Waals surface area contributed by atoms with E-state index < -0.39 is 6.10 Å². The Kier molecular flexibility index (Phi) is 54.0. The molecule has 1 atom stereocenters. The molecule has 0 aliphatic heterocycles. The van der Waals surface area contributed by atoms with E-state index in [0.29, 0.717) is 19.3 Å². The van der Waals surface area contributed by atoms with Gasteiger partial charge in [-0.15, -0.1) is 0 Å². The average molecular weight is 948 g/mol. The Labute approximate surface area is 418 Å². The van der Waals surface area contributed by atoms with Crippen molar-refractivity contribution in [1.29, 1.82) is 0 Å². The Hall–Kier alpha value is -1.59. The van der Waals surface area contributed by atoms with Gasteiger partial charge in [0.1, 0.15) is 13.2 Å². The summed E-state index contributed by atoms with van der Waals surface area (Å²) in [5.41, 5.74) is 0. The van der Waals surface area contributed by atoms with Crippen LogP contribution >= 0.6 is 0 Å². The molecule has 0 fully saturated rings. The third-order valence-electron chi connectivity index (χ3n) is 14.0. The van der Waals surface area contributed by atoms with E-state index in [9.17, 15) is 14.4 Å². The fourth-order valence-corrected chi connectivity index (χ4v) is 9.46. The van der Waals surface area contributed by atoms with Gasteiger partial charge in [-0.25, -0.2) is 0 Å². The molecule has 6 heteroatoms. The van der Waals surface area contributed by atoms with E-state index in [1.807, 2.05) is 0 Å². The molecule has 0 aromatic carbocycles. The number of ether oxygens (including phenoxy) is 3. The number of hydrogen-bond acceptors (Lipinski definition) is 6. The second-order valence-electron chi connectivity index (χ2n) is 21.5. The summed E-state index contributed by atoms with van der Waals surface area (Å²) < 4.78 is 16.9. The predicted octanol–water partition coefficient (Wildman–Crippen LogP) is 20.2. The van der Waals surface area contributed by atoms with E-state index in [1.54, 1.807) is 0 Å². The van der Waals surface area contributed by atoms with Gasteiger partial charge in [-0.1, -0.05) is 310 Å². The third kappa shape index (κ3) is 55.2. The Bertz CT molecular complexity index is 1010. The summed E-state index contributed by atoms with van der Waals surface area (Å²) >= 11 is 0. The molecule has 0 bridgehead atoms. The molecule has 0 saturated heterocycles. The van der Waals surface area contributed by atoms with Gasteiger partial charge in [0.25, 0.3) is 0 Å². The van der Waals surface area contributed by atoms with Crippen molar-refractivity contribution in [2.45, 2.75) is 355 Å². The number of carbonyl (C=O) groups excluding carboxylic acids is 3. The van der Waals surface area contributed by atoms with Gasteiger partial charge < -0.3 is 14.2 Å². The summed E-state index contributed by atoms with van der Waals surface area (Å²) in [7, 11) is 0. The van der Waals surface area contributed by atoms with Crippen molar-refractivity contribution in [3.8, 4) is 0 Å². The van der Waals surface area contributed by atoms with E-state index in [2.05, 4.69) is 27.7 Å². The average Bonchev–Trinajstić information content (AvgIpc) is 3.31. The van der Waals surface area contributed by atoms with E-state index in [4.69, 9.17) is 14.2 Å². The zero-order chi connectivity index (χ0) is 48.8. The minimum atomic E-state index is -0.762. The van der Waals surface area contributed by atoms with Gasteiger partial charge in [0.2, 0.25) is 0 Å². The maximum absolute atomic E-state index is 12.9. The first-order valence-electron chi connectivity index (χ1n) is 30.4. The summed E-state index contributed by atoms with van der Waals surface area (Å²) in [5, 5.41) is 0. The highest BCUT2D eigenvalue weighted by Crippen LogP contribution is 2.18. The van der Waals surface area contributed by atoms with Gasteiger partial charge in [0.15, 0.2) is 6.10 Å². The van der Waals surface area contributed by atoms with Crippen molar-refractivity contribution < 1.29 is 28.6 Å². The van der Waals surface area contributed by atoms with Crippen molar-refractivity contribution >= 4 is 17.9 Å². The van der Waals surface area contributed by atoms with Gasteiger partial charge in [0, 0.05) is 19.3 Å². The molecule has 0 aliphatic carbocycles. The van der Waals surface area contributed by atoms with Crippen LogP contribution in [-0.2, 0) is 28.6 Å². The number of hydrogen-bond donors (Lipinski definition) is 0. The van der Waals surface area contributed by atoms with Crippen LogP contribution < -0.4 is 0 Å². The summed E-state index contributed by atoms with van der Waals surface area (Å²) in [5.74, 6) is 0.0137. The molecular formula is C61H118O6. The van der Waals surface area contributed by atoms with Gasteiger partial charge in [-0.05, 0) is 25.2 Å². The third-order valence-corrected chi connectivity index (χ3v) is 14.0. The van der Waals surface area contributed by atoms with Crippen LogP contribution in [0.4, 0.5) is 0 Å². The number of esters is 3. The van der Waals surface area contributed by atoms with Gasteiger partial charge in [-0.2, -0.15) is 0 Å². The molecule has 398 valence electrons. The standard InChI is InChI=1S/C61H118O6/c1-5-7-9-11-13-15-17-19-21-22-23-24-30-34-38-42-46-50-54-61(64)67-58(55-65-59(62)52-48-44-40-36-32-28-20-18-16-14-12-10-8-6-2)56-66-60(63)53-49-45-41-37-33-29-26-25-27-31-35-39-43-47-51-57(3)4/h57-58H,5-56H2,1-4H3/t58-/m1/s1. The Morgan fingerprint density at radius 1 is 0.284 bits per heavy atom. The van der Waals surface area contributed by atoms with Crippen LogP contribution in [0.25, 0.3) is 0 Å². The Morgan fingerprint density at radius 2 is 0.493 bits per heavy atom. The monoisotopic (exact) mass is 947 g/mol. The summed E-state index contributed by atoms with van der Waals surface area (Å²) in [4.78, 5) is 38.2.